The lowest BCUT2D eigenvalue weighted by atomic mass is 10.0. The molecule has 3 aromatic rings. The van der Waals surface area contributed by atoms with Gasteiger partial charge in [0.15, 0.2) is 11.9 Å². The Morgan fingerprint density at radius 2 is 1.21 bits per heavy atom. The Bertz CT molecular complexity index is 3630. The number of methoxy groups -OCH3 is 1. The number of amides is 11. The molecule has 0 unspecified atom stereocenters. The number of likely N-dealkylation sites (tertiary alicyclic amines) is 1. The molecule has 0 bridgehead atoms. The van der Waals surface area contributed by atoms with Crippen molar-refractivity contribution in [1.82, 2.24) is 52.8 Å². The van der Waals surface area contributed by atoms with E-state index in [0.717, 1.165) is 0 Å². The van der Waals surface area contributed by atoms with E-state index in [1.807, 2.05) is 0 Å². The number of nitrogens with one attached hydrogen (secondary N) is 10. The molecule has 0 saturated carbocycles. The molecule has 1 fully saturated rings. The third-order valence-electron chi connectivity index (χ3n) is 16.4. The van der Waals surface area contributed by atoms with Crippen molar-refractivity contribution in [2.45, 2.75) is 179 Å². The van der Waals surface area contributed by atoms with Gasteiger partial charge in [0.05, 0.1) is 25.0 Å². The number of hydrogen-bond donors (Lipinski definition) is 17. The van der Waals surface area contributed by atoms with E-state index in [0.29, 0.717) is 42.5 Å². The van der Waals surface area contributed by atoms with Gasteiger partial charge < -0.3 is 107 Å². The van der Waals surface area contributed by atoms with Gasteiger partial charge in [-0.05, 0) is 126 Å². The number of hydrogen-bond acceptors (Lipinski definition) is 21. The van der Waals surface area contributed by atoms with E-state index >= 15 is 0 Å². The predicted molar refractivity (Wildman–Crippen MR) is 381 cm³/mol. The Labute approximate surface area is 599 Å². The fraction of sp³-hybridized carbons (Fsp3) is 0.561. The molecule has 2 heterocycles. The SMILES string of the molecule is COc1ccc2c(CC(=O)N[C@@H](CCCCN)C(=O)N3CCC[C@H]3C(=O)N[C@@H](CC(C)C)C(=O)NCC(=O)N[C@@H](CC(C)C)C(=O)N[C@@H](CNc3ccccc3[N+](=O)[O-])C(=O)N[C@@H](C)C(=O)N[C@@H](CCCN=C(N)N)C(=O)N[C@@H](CCC(=O)O)C(=O)N[C@@H](CCCN=C(N)N)C(N)=O)cc(=O)oc2c1. The third kappa shape index (κ3) is 29.0. The van der Waals surface area contributed by atoms with Gasteiger partial charge in [-0.15, -0.1) is 0 Å². The Morgan fingerprint density at radius 1 is 0.654 bits per heavy atom. The Kier molecular flexibility index (Phi) is 35.2. The smallest absolute Gasteiger partial charge is 0.336 e. The summed E-state index contributed by atoms with van der Waals surface area (Å²) in [5.41, 5.74) is 32.3. The zero-order chi connectivity index (χ0) is 77.3. The van der Waals surface area contributed by atoms with Crippen molar-refractivity contribution in [3.05, 3.63) is 74.6 Å². The van der Waals surface area contributed by atoms with Crippen LogP contribution < -0.4 is 97.9 Å². The number of carbonyl (C=O) groups excluding carboxylic acids is 11. The molecular weight excluding hydrogens is 1360 g/mol. The minimum atomic E-state index is -1.70. The number of nitrogens with zero attached hydrogens (tertiary/aromatic N) is 4. The number of nitro benzene ring substituents is 1. The highest BCUT2D eigenvalue weighted by Crippen LogP contribution is 2.26. The molecule has 38 heteroatoms. The van der Waals surface area contributed by atoms with Crippen molar-refractivity contribution in [3.8, 4) is 5.75 Å². The first kappa shape index (κ1) is 85.2. The van der Waals surface area contributed by atoms with E-state index in [1.54, 1.807) is 39.8 Å². The monoisotopic (exact) mass is 1460 g/mol. The summed E-state index contributed by atoms with van der Waals surface area (Å²) >= 11 is 0. The largest absolute Gasteiger partial charge is 0.497 e. The molecule has 1 aliphatic heterocycles. The number of carbonyl (C=O) groups is 12. The topological polar surface area (TPSA) is 612 Å². The van der Waals surface area contributed by atoms with Gasteiger partial charge in [0, 0.05) is 56.2 Å². The molecule has 0 radical (unpaired) electrons. The molecule has 0 spiro atoms. The molecule has 23 N–H and O–H groups in total. The summed E-state index contributed by atoms with van der Waals surface area (Å²) in [6.07, 6.45) is 0.198. The fourth-order valence-electron chi connectivity index (χ4n) is 11.2. The highest BCUT2D eigenvalue weighted by Gasteiger charge is 2.40. The number of primary amides is 1. The lowest BCUT2D eigenvalue weighted by Crippen LogP contribution is -2.60. The molecule has 38 nitrogen and oxygen atoms in total. The maximum atomic E-state index is 14.4. The summed E-state index contributed by atoms with van der Waals surface area (Å²) in [5.74, 6) is -11.6. The first-order valence-corrected chi connectivity index (χ1v) is 34.1. The number of ether oxygens (including phenoxy) is 1. The van der Waals surface area contributed by atoms with E-state index in [9.17, 15) is 77.5 Å². The number of benzene rings is 2. The Hall–Kier alpha value is -11.2. The highest BCUT2D eigenvalue weighted by molar-refractivity contribution is 5.99. The van der Waals surface area contributed by atoms with Crippen LogP contribution in [-0.4, -0.2) is 199 Å². The van der Waals surface area contributed by atoms with Crippen molar-refractivity contribution in [1.29, 1.82) is 0 Å². The van der Waals surface area contributed by atoms with Crippen molar-refractivity contribution >= 4 is 105 Å². The van der Waals surface area contributed by atoms with E-state index in [4.69, 9.17) is 43.6 Å². The van der Waals surface area contributed by atoms with Gasteiger partial charge >= 0.3 is 11.6 Å². The van der Waals surface area contributed by atoms with Crippen LogP contribution in [0.4, 0.5) is 11.4 Å². The predicted octanol–water partition coefficient (Wildman–Crippen LogP) is -2.95. The second-order valence-electron chi connectivity index (χ2n) is 25.7. The van der Waals surface area contributed by atoms with Crippen LogP contribution in [0.25, 0.3) is 11.0 Å². The summed E-state index contributed by atoms with van der Waals surface area (Å²) in [6.45, 7) is 7.35. The molecule has 9 atom stereocenters. The summed E-state index contributed by atoms with van der Waals surface area (Å²) in [4.78, 5) is 198. The Morgan fingerprint density at radius 3 is 1.81 bits per heavy atom. The average Bonchev–Trinajstić information content (AvgIpc) is 0.854. The van der Waals surface area contributed by atoms with E-state index in [2.05, 4.69) is 63.2 Å². The van der Waals surface area contributed by atoms with Crippen LogP contribution in [0.5, 0.6) is 5.75 Å². The summed E-state index contributed by atoms with van der Waals surface area (Å²) in [5, 5.41) is 47.7. The number of rotatable bonds is 45. The number of anilines is 1. The fourth-order valence-corrected chi connectivity index (χ4v) is 11.2. The van der Waals surface area contributed by atoms with Gasteiger partial charge in [-0.25, -0.2) is 4.79 Å². The molecule has 0 aliphatic carbocycles. The lowest BCUT2D eigenvalue weighted by molar-refractivity contribution is -0.384. The minimum absolute atomic E-state index is 0.0250. The van der Waals surface area contributed by atoms with Crippen LogP contribution in [0.3, 0.4) is 0 Å². The number of nitrogens with two attached hydrogens (primary N) is 6. The van der Waals surface area contributed by atoms with Crippen LogP contribution in [0, 0.1) is 22.0 Å². The van der Waals surface area contributed by atoms with Crippen LogP contribution >= 0.6 is 0 Å². The third-order valence-corrected chi connectivity index (χ3v) is 16.4. The van der Waals surface area contributed by atoms with Crippen molar-refractivity contribution < 1.29 is 76.7 Å². The van der Waals surface area contributed by atoms with Crippen molar-refractivity contribution in [3.63, 3.8) is 0 Å². The first-order chi connectivity index (χ1) is 49.2. The second kappa shape index (κ2) is 42.9. The number of aliphatic carboxylic acids is 1. The Balaban J connectivity index is 1.52. The van der Waals surface area contributed by atoms with E-state index < -0.39 is 167 Å². The summed E-state index contributed by atoms with van der Waals surface area (Å²) in [7, 11) is 1.45. The second-order valence-corrected chi connectivity index (χ2v) is 25.7. The molecule has 1 aromatic heterocycles. The van der Waals surface area contributed by atoms with Gasteiger partial charge in [-0.1, -0.05) is 39.8 Å². The van der Waals surface area contributed by atoms with Crippen molar-refractivity contribution in [2.75, 3.05) is 51.7 Å². The molecule has 572 valence electrons. The van der Waals surface area contributed by atoms with E-state index in [1.165, 1.54) is 55.3 Å². The molecular formula is C66H100N20O18. The number of nitro groups is 1. The van der Waals surface area contributed by atoms with Gasteiger partial charge in [-0.2, -0.15) is 0 Å². The quantitative estimate of drug-likeness (QED) is 0.00672. The van der Waals surface area contributed by atoms with Crippen molar-refractivity contribution in [2.24, 2.45) is 56.2 Å². The first-order valence-electron chi connectivity index (χ1n) is 34.1. The maximum absolute atomic E-state index is 14.4. The van der Waals surface area contributed by atoms with Crippen LogP contribution in [-0.2, 0) is 64.0 Å². The minimum Gasteiger partial charge on any atom is -0.497 e. The number of carboxylic acid groups (broad SMARTS) is 1. The number of carboxylic acids is 1. The lowest BCUT2D eigenvalue weighted by Gasteiger charge is -2.30. The zero-order valence-corrected chi connectivity index (χ0v) is 59.3. The van der Waals surface area contributed by atoms with Gasteiger partial charge in [-0.3, -0.25) is 77.6 Å². The summed E-state index contributed by atoms with van der Waals surface area (Å²) in [6, 6.07) is -1.26. The number of para-hydroxylation sites is 2. The van der Waals surface area contributed by atoms with Gasteiger partial charge in [0.2, 0.25) is 65.0 Å². The maximum Gasteiger partial charge on any atom is 0.336 e. The number of aliphatic imine (C=N–C) groups is 2. The molecule has 1 saturated heterocycles. The molecule has 11 amide bonds. The normalized spacial score (nSPS) is 14.8. The average molecular weight is 1460 g/mol. The standard InChI is InChI=1S/C66H100N20O18/c1-35(2)28-46(83-63(99)50-19-13-27-85(50)64(100)45(15-9-10-24-67)78-52(87)30-38-31-55(91)104-51-32-39(103-6)20-21-40(38)51)58(94)76-34-53(88)79-47(29-36(3)4)61(97)84-48(33-75-41-14-7-8-18-49(41)86(101)102)62(98)77-37(5)57(93)81-43(17-12-26-74-66(71)72)59(95)82-44(22-23-54(89)90)60(96)80-42(56(68)92)16-11-25-73-65(69)70/h7-8,14,18,20-21,31-32,35-37,42-48,50,75H,9-13,15-17,19,22-30,33-34,67H2,1-6H3,(H2,68,92)(H,76,94)(H,77,98)(H,78,87)(H,79,88)(H,80,96)(H,81,93)(H,82,95)(H,83,99)(H,84,97)(H,89,90)(H4,69,70,73)(H4,71,72,74)/t37-,42-,43-,44-,45-,46-,47-,48-,50-/m0/s1. The molecule has 4 rings (SSSR count). The molecule has 104 heavy (non-hydrogen) atoms. The van der Waals surface area contributed by atoms with Crippen LogP contribution in [0.2, 0.25) is 0 Å². The number of guanidine groups is 2. The van der Waals surface area contributed by atoms with Gasteiger partial charge in [0.25, 0.3) is 5.69 Å². The molecule has 2 aromatic carbocycles. The highest BCUT2D eigenvalue weighted by atomic mass is 16.6. The summed E-state index contributed by atoms with van der Waals surface area (Å²) < 4.78 is 10.6. The number of unbranched alkanes of at least 4 members (excludes halogenated alkanes) is 1. The van der Waals surface area contributed by atoms with E-state index in [-0.39, 0.29) is 112 Å². The van der Waals surface area contributed by atoms with Crippen LogP contribution in [0.1, 0.15) is 124 Å². The van der Waals surface area contributed by atoms with Gasteiger partial charge in [0.1, 0.15) is 71.4 Å². The zero-order valence-electron chi connectivity index (χ0n) is 59.3. The van der Waals surface area contributed by atoms with Crippen LogP contribution in [0.15, 0.2) is 67.7 Å². The number of fused-ring (bicyclic) bond motifs is 1. The molecule has 1 aliphatic rings.